The minimum atomic E-state index is -4.04. The number of pyridine rings is 1. The number of halogens is 1. The van der Waals surface area contributed by atoms with Crippen molar-refractivity contribution in [2.45, 2.75) is 49.8 Å². The number of amides is 2. The molecule has 2 aromatic carbocycles. The van der Waals surface area contributed by atoms with Crippen LogP contribution < -0.4 is 10.2 Å². The van der Waals surface area contributed by atoms with E-state index in [0.717, 1.165) is 27.4 Å². The summed E-state index contributed by atoms with van der Waals surface area (Å²) in [5.41, 5.74) is 3.14. The standard InChI is InChI=1S/C31H34FN5O6S2/c1-3-20(2)16-36(45(41,42)23-10-11-24-28(14-23)44-19-34-24)17-26(38)25(13-21-7-5-4-6-8-21)35-30(39)27-18-37(31(40)43-27)29-12-9-22(32)15-33-29/h4-12,14-15,19-20,25-27,38H,3,13,16-18H2,1-2H3,(H,35,39)/t20-,25-,26+,27?/m0/s1. The SMILES string of the molecule is CC[C@H](C)CN(C[C@@H](O)[C@H](Cc1ccccc1)NC(=O)C1CN(c2ccc(F)cn2)C(=O)O1)S(=O)(=O)c1ccc2ncsc2c1. The first kappa shape index (κ1) is 32.4. The zero-order chi connectivity index (χ0) is 32.1. The molecule has 0 saturated carbocycles. The molecular formula is C31H34FN5O6S2. The summed E-state index contributed by atoms with van der Waals surface area (Å²) >= 11 is 1.34. The van der Waals surface area contributed by atoms with Gasteiger partial charge >= 0.3 is 6.09 Å². The molecule has 238 valence electrons. The van der Waals surface area contributed by atoms with E-state index in [2.05, 4.69) is 15.3 Å². The van der Waals surface area contributed by atoms with Crippen molar-refractivity contribution < 1.29 is 32.2 Å². The van der Waals surface area contributed by atoms with Crippen molar-refractivity contribution in [3.8, 4) is 0 Å². The van der Waals surface area contributed by atoms with Gasteiger partial charge in [0.2, 0.25) is 10.0 Å². The lowest BCUT2D eigenvalue weighted by Crippen LogP contribution is -2.53. The van der Waals surface area contributed by atoms with Gasteiger partial charge in [0.15, 0.2) is 6.10 Å². The number of benzene rings is 2. The maximum absolute atomic E-state index is 13.9. The monoisotopic (exact) mass is 655 g/mol. The molecule has 1 saturated heterocycles. The molecule has 1 fully saturated rings. The van der Waals surface area contributed by atoms with Crippen LogP contribution in [0.15, 0.2) is 77.3 Å². The second-order valence-electron chi connectivity index (χ2n) is 11.0. The van der Waals surface area contributed by atoms with Crippen LogP contribution in [0.3, 0.4) is 0 Å². The van der Waals surface area contributed by atoms with Crippen molar-refractivity contribution >= 4 is 49.4 Å². The first-order valence-electron chi connectivity index (χ1n) is 14.5. The first-order valence-corrected chi connectivity index (χ1v) is 16.8. The molecule has 2 N–H and O–H groups in total. The molecule has 2 amide bonds. The van der Waals surface area contributed by atoms with Crippen LogP contribution in [0, 0.1) is 11.7 Å². The summed E-state index contributed by atoms with van der Waals surface area (Å²) in [6, 6.07) is 15.4. The third kappa shape index (κ3) is 7.64. The van der Waals surface area contributed by atoms with Gasteiger partial charge in [-0.1, -0.05) is 50.6 Å². The summed E-state index contributed by atoms with van der Waals surface area (Å²) in [6.07, 6.45) is -1.53. The third-order valence-electron chi connectivity index (χ3n) is 7.73. The number of ether oxygens (including phenoxy) is 1. The summed E-state index contributed by atoms with van der Waals surface area (Å²) < 4.78 is 48.5. The van der Waals surface area contributed by atoms with Crippen molar-refractivity contribution in [1.82, 2.24) is 19.6 Å². The number of hydrogen-bond donors (Lipinski definition) is 2. The Morgan fingerprint density at radius 1 is 1.18 bits per heavy atom. The molecule has 0 spiro atoms. The van der Waals surface area contributed by atoms with Crippen molar-refractivity contribution in [3.63, 3.8) is 0 Å². The zero-order valence-corrected chi connectivity index (χ0v) is 26.4. The minimum absolute atomic E-state index is 0.00905. The Kier molecular flexibility index (Phi) is 10.1. The predicted octanol–water partition coefficient (Wildman–Crippen LogP) is 3.98. The van der Waals surface area contributed by atoms with Gasteiger partial charge in [0, 0.05) is 13.1 Å². The average Bonchev–Trinajstić information content (AvgIpc) is 3.67. The Morgan fingerprint density at radius 2 is 1.96 bits per heavy atom. The van der Waals surface area contributed by atoms with E-state index < -0.39 is 46.1 Å². The fourth-order valence-corrected chi connectivity index (χ4v) is 7.36. The van der Waals surface area contributed by atoms with Crippen LogP contribution in [0.2, 0.25) is 0 Å². The highest BCUT2D eigenvalue weighted by Gasteiger charge is 2.39. The molecule has 4 atom stereocenters. The molecule has 2 aromatic heterocycles. The van der Waals surface area contributed by atoms with Crippen LogP contribution in [-0.4, -0.2) is 77.7 Å². The van der Waals surface area contributed by atoms with Crippen LogP contribution in [0.4, 0.5) is 15.0 Å². The second-order valence-corrected chi connectivity index (χ2v) is 13.8. The van der Waals surface area contributed by atoms with E-state index in [1.807, 2.05) is 44.2 Å². The maximum atomic E-state index is 13.9. The van der Waals surface area contributed by atoms with E-state index in [1.54, 1.807) is 17.6 Å². The highest BCUT2D eigenvalue weighted by molar-refractivity contribution is 7.89. The predicted molar refractivity (Wildman–Crippen MR) is 168 cm³/mol. The topological polar surface area (TPSA) is 142 Å². The summed E-state index contributed by atoms with van der Waals surface area (Å²) in [7, 11) is -4.04. The Balaban J connectivity index is 1.37. The number of aliphatic hydroxyl groups excluding tert-OH is 1. The molecule has 3 heterocycles. The van der Waals surface area contributed by atoms with Crippen molar-refractivity contribution in [2.75, 3.05) is 24.5 Å². The van der Waals surface area contributed by atoms with E-state index in [-0.39, 0.29) is 42.7 Å². The summed E-state index contributed by atoms with van der Waals surface area (Å²) in [5, 5.41) is 14.4. The quantitative estimate of drug-likeness (QED) is 0.220. The number of rotatable bonds is 13. The van der Waals surface area contributed by atoms with Gasteiger partial charge in [0.05, 0.1) is 45.5 Å². The summed E-state index contributed by atoms with van der Waals surface area (Å²) in [6.45, 7) is 3.58. The van der Waals surface area contributed by atoms with Crippen LogP contribution in [0.1, 0.15) is 25.8 Å². The van der Waals surface area contributed by atoms with Gasteiger partial charge in [-0.2, -0.15) is 4.31 Å². The van der Waals surface area contributed by atoms with Crippen LogP contribution >= 0.6 is 11.3 Å². The number of carbonyl (C=O) groups is 2. The lowest BCUT2D eigenvalue weighted by Gasteiger charge is -2.31. The molecule has 4 aromatic rings. The molecule has 5 rings (SSSR count). The number of thiazole rings is 1. The van der Waals surface area contributed by atoms with Gasteiger partial charge < -0.3 is 15.2 Å². The van der Waals surface area contributed by atoms with Crippen LogP contribution in [0.25, 0.3) is 10.2 Å². The number of aliphatic hydroxyl groups is 1. The lowest BCUT2D eigenvalue weighted by molar-refractivity contribution is -0.129. The molecule has 45 heavy (non-hydrogen) atoms. The van der Waals surface area contributed by atoms with E-state index in [4.69, 9.17) is 4.74 Å². The van der Waals surface area contributed by atoms with E-state index >= 15 is 0 Å². The number of nitrogens with one attached hydrogen (secondary N) is 1. The lowest BCUT2D eigenvalue weighted by atomic mass is 10.0. The van der Waals surface area contributed by atoms with Crippen molar-refractivity contribution in [2.24, 2.45) is 5.92 Å². The largest absolute Gasteiger partial charge is 0.434 e. The van der Waals surface area contributed by atoms with Crippen molar-refractivity contribution in [1.29, 1.82) is 0 Å². The van der Waals surface area contributed by atoms with Crippen LogP contribution in [-0.2, 0) is 26.0 Å². The fourth-order valence-electron chi connectivity index (χ4n) is 4.97. The normalized spacial score (nSPS) is 17.3. The van der Waals surface area contributed by atoms with Crippen LogP contribution in [0.5, 0.6) is 0 Å². The Labute approximate surface area is 264 Å². The molecule has 1 unspecified atom stereocenters. The van der Waals surface area contributed by atoms with Gasteiger partial charge in [-0.15, -0.1) is 11.3 Å². The number of hydrogen-bond acceptors (Lipinski definition) is 9. The van der Waals surface area contributed by atoms with E-state index in [0.29, 0.717) is 11.9 Å². The number of anilines is 1. The molecule has 14 heteroatoms. The molecule has 0 radical (unpaired) electrons. The zero-order valence-electron chi connectivity index (χ0n) is 24.7. The molecule has 0 bridgehead atoms. The van der Waals surface area contributed by atoms with Gasteiger partial charge in [-0.3, -0.25) is 9.69 Å². The van der Waals surface area contributed by atoms with Gasteiger partial charge in [0.25, 0.3) is 5.91 Å². The molecule has 11 nitrogen and oxygen atoms in total. The molecule has 1 aliphatic rings. The number of cyclic esters (lactones) is 1. The maximum Gasteiger partial charge on any atom is 0.416 e. The number of nitrogens with zero attached hydrogens (tertiary/aromatic N) is 4. The average molecular weight is 656 g/mol. The Bertz CT molecular complexity index is 1740. The van der Waals surface area contributed by atoms with Gasteiger partial charge in [-0.25, -0.2) is 27.6 Å². The first-order chi connectivity index (χ1) is 21.5. The van der Waals surface area contributed by atoms with Crippen molar-refractivity contribution in [3.05, 3.63) is 83.8 Å². The molecule has 0 aliphatic carbocycles. The minimum Gasteiger partial charge on any atom is -0.434 e. The van der Waals surface area contributed by atoms with Gasteiger partial charge in [-0.05, 0) is 48.2 Å². The summed E-state index contributed by atoms with van der Waals surface area (Å²) in [4.78, 5) is 35.3. The van der Waals surface area contributed by atoms with Gasteiger partial charge in [0.1, 0.15) is 11.6 Å². The Morgan fingerprint density at radius 3 is 2.67 bits per heavy atom. The number of sulfonamides is 1. The Hall–Kier alpha value is -3.98. The number of aromatic nitrogens is 2. The highest BCUT2D eigenvalue weighted by Crippen LogP contribution is 2.26. The number of fused-ring (bicyclic) bond motifs is 1. The third-order valence-corrected chi connectivity index (χ3v) is 10.3. The highest BCUT2D eigenvalue weighted by atomic mass is 32.2. The fraction of sp³-hybridized carbons (Fsp3) is 0.355. The van der Waals surface area contributed by atoms with E-state index in [9.17, 15) is 27.5 Å². The smallest absolute Gasteiger partial charge is 0.416 e. The second kappa shape index (κ2) is 14.0. The summed E-state index contributed by atoms with van der Waals surface area (Å²) in [5.74, 6) is -1.13. The number of carbonyl (C=O) groups excluding carboxylic acids is 2. The molecular weight excluding hydrogens is 622 g/mol. The van der Waals surface area contributed by atoms with E-state index in [1.165, 1.54) is 27.8 Å². The molecule has 1 aliphatic heterocycles.